The summed E-state index contributed by atoms with van der Waals surface area (Å²) >= 11 is 0. The van der Waals surface area contributed by atoms with Gasteiger partial charge in [0.25, 0.3) is 0 Å². The van der Waals surface area contributed by atoms with Gasteiger partial charge < -0.3 is 9.84 Å². The van der Waals surface area contributed by atoms with Crippen LogP contribution in [0.1, 0.15) is 36.8 Å². The van der Waals surface area contributed by atoms with Crippen LogP contribution >= 0.6 is 0 Å². The Morgan fingerprint density at radius 3 is 2.59 bits per heavy atom. The summed E-state index contributed by atoms with van der Waals surface area (Å²) in [4.78, 5) is 16.6. The molecule has 140 valence electrons. The van der Waals surface area contributed by atoms with Crippen molar-refractivity contribution in [1.82, 2.24) is 15.5 Å². The number of nitrogens with zero attached hydrogens (tertiary/aromatic N) is 2. The molecule has 0 radical (unpaired) electrons. The third-order valence-electron chi connectivity index (χ3n) is 4.54. The maximum absolute atomic E-state index is 12.2. The molecule has 3 rings (SSSR count). The first kappa shape index (κ1) is 18.8. The van der Waals surface area contributed by atoms with Crippen LogP contribution < -0.4 is 5.32 Å². The Kier molecular flexibility index (Phi) is 6.36. The van der Waals surface area contributed by atoms with Gasteiger partial charge in [-0.05, 0) is 37.8 Å². The lowest BCUT2D eigenvalue weighted by molar-refractivity contribution is -0.121. The Labute approximate surface area is 159 Å². The minimum Gasteiger partial charge on any atom is -0.354 e. The molecular weight excluding hydrogens is 338 g/mol. The molecule has 0 fully saturated rings. The zero-order valence-corrected chi connectivity index (χ0v) is 15.8. The monoisotopic (exact) mass is 363 g/mol. The molecule has 0 spiro atoms. The van der Waals surface area contributed by atoms with Gasteiger partial charge in [-0.25, -0.2) is 0 Å². The summed E-state index contributed by atoms with van der Waals surface area (Å²) in [5, 5.41) is 7.07. The molecule has 0 aliphatic rings. The minimum absolute atomic E-state index is 0.00574. The van der Waals surface area contributed by atoms with Crippen molar-refractivity contribution in [3.8, 4) is 11.4 Å². The maximum Gasteiger partial charge on any atom is 0.227 e. The third-order valence-corrected chi connectivity index (χ3v) is 4.54. The molecule has 5 nitrogen and oxygen atoms in total. The van der Waals surface area contributed by atoms with Crippen molar-refractivity contribution >= 4 is 5.91 Å². The summed E-state index contributed by atoms with van der Waals surface area (Å²) in [5.74, 6) is 1.06. The first-order valence-electron chi connectivity index (χ1n) is 9.33. The average molecular weight is 363 g/mol. The fourth-order valence-electron chi connectivity index (χ4n) is 2.96. The zero-order chi connectivity index (χ0) is 19.1. The molecule has 27 heavy (non-hydrogen) atoms. The van der Waals surface area contributed by atoms with Gasteiger partial charge in [0.2, 0.25) is 17.6 Å². The highest BCUT2D eigenvalue weighted by atomic mass is 16.5. The molecular formula is C22H25N3O2. The fourth-order valence-corrected chi connectivity index (χ4v) is 2.96. The van der Waals surface area contributed by atoms with Gasteiger partial charge in [-0.1, -0.05) is 59.8 Å². The first-order valence-corrected chi connectivity index (χ1v) is 9.33. The van der Waals surface area contributed by atoms with E-state index >= 15 is 0 Å². The number of nitrogens with one attached hydrogen (secondary N) is 1. The number of aromatic nitrogens is 2. The Bertz CT molecular complexity index is 874. The average Bonchev–Trinajstić information content (AvgIpc) is 3.15. The molecule has 0 aliphatic heterocycles. The predicted octanol–water partition coefficient (Wildman–Crippen LogP) is 4.12. The summed E-state index contributed by atoms with van der Waals surface area (Å²) in [6, 6.07) is 18.3. The second kappa shape index (κ2) is 9.12. The van der Waals surface area contributed by atoms with Gasteiger partial charge in [-0.3, -0.25) is 4.79 Å². The number of carbonyl (C=O) groups excluding carboxylic acids is 1. The van der Waals surface area contributed by atoms with Crippen LogP contribution in [-0.4, -0.2) is 22.1 Å². The third kappa shape index (κ3) is 5.51. The second-order valence-electron chi connectivity index (χ2n) is 6.82. The van der Waals surface area contributed by atoms with E-state index in [4.69, 9.17) is 4.52 Å². The lowest BCUT2D eigenvalue weighted by atomic mass is 10.1. The van der Waals surface area contributed by atoms with Gasteiger partial charge in [0.05, 0.1) is 0 Å². The Morgan fingerprint density at radius 1 is 1.07 bits per heavy atom. The van der Waals surface area contributed by atoms with Crippen LogP contribution in [0.15, 0.2) is 59.1 Å². The molecule has 0 bridgehead atoms. The summed E-state index contributed by atoms with van der Waals surface area (Å²) < 4.78 is 5.29. The summed E-state index contributed by atoms with van der Waals surface area (Å²) in [6.45, 7) is 4.04. The van der Waals surface area contributed by atoms with Crippen LogP contribution in [0.5, 0.6) is 0 Å². The van der Waals surface area contributed by atoms with Crippen LogP contribution in [0.2, 0.25) is 0 Å². The minimum atomic E-state index is 0.00574. The van der Waals surface area contributed by atoms with Gasteiger partial charge >= 0.3 is 0 Å². The van der Waals surface area contributed by atoms with E-state index in [2.05, 4.69) is 27.6 Å². The number of benzene rings is 2. The molecule has 0 saturated heterocycles. The molecule has 3 aromatic rings. The smallest absolute Gasteiger partial charge is 0.227 e. The number of hydrogen-bond donors (Lipinski definition) is 1. The van der Waals surface area contributed by atoms with Crippen molar-refractivity contribution in [2.45, 2.75) is 45.6 Å². The molecule has 1 aromatic heterocycles. The quantitative estimate of drug-likeness (QED) is 0.654. The van der Waals surface area contributed by atoms with Crippen molar-refractivity contribution < 1.29 is 9.32 Å². The largest absolute Gasteiger partial charge is 0.354 e. The molecule has 1 unspecified atom stereocenters. The Morgan fingerprint density at radius 2 is 1.81 bits per heavy atom. The lowest BCUT2D eigenvalue weighted by Crippen LogP contribution is -2.33. The summed E-state index contributed by atoms with van der Waals surface area (Å²) in [5.41, 5.74) is 3.33. The topological polar surface area (TPSA) is 68.0 Å². The highest BCUT2D eigenvalue weighted by Crippen LogP contribution is 2.20. The molecule has 0 saturated carbocycles. The first-order chi connectivity index (χ1) is 13.1. The van der Waals surface area contributed by atoms with E-state index in [0.29, 0.717) is 24.6 Å². The second-order valence-corrected chi connectivity index (χ2v) is 6.82. The molecule has 0 aliphatic carbocycles. The molecule has 1 atom stereocenters. The summed E-state index contributed by atoms with van der Waals surface area (Å²) in [7, 11) is 0. The zero-order valence-electron chi connectivity index (χ0n) is 15.8. The number of aryl methyl sites for hydroxylation is 3. The van der Waals surface area contributed by atoms with E-state index in [9.17, 15) is 4.79 Å². The highest BCUT2D eigenvalue weighted by Gasteiger charge is 2.13. The number of hydrogen-bond acceptors (Lipinski definition) is 4. The van der Waals surface area contributed by atoms with Gasteiger partial charge in [0, 0.05) is 24.4 Å². The van der Waals surface area contributed by atoms with Crippen LogP contribution in [0.4, 0.5) is 0 Å². The van der Waals surface area contributed by atoms with Crippen LogP contribution in [0.3, 0.4) is 0 Å². The number of rotatable bonds is 8. The summed E-state index contributed by atoms with van der Waals surface area (Å²) in [6.07, 6.45) is 2.64. The van der Waals surface area contributed by atoms with Gasteiger partial charge in [0.1, 0.15) is 0 Å². The SMILES string of the molecule is Cc1ccccc1-c1noc(CCC(=O)NC(C)CCc2ccccc2)n1. The van der Waals surface area contributed by atoms with Crippen molar-refractivity contribution in [1.29, 1.82) is 0 Å². The van der Waals surface area contributed by atoms with E-state index in [1.54, 1.807) is 0 Å². The van der Waals surface area contributed by atoms with Gasteiger partial charge in [0.15, 0.2) is 0 Å². The molecule has 1 heterocycles. The van der Waals surface area contributed by atoms with Crippen molar-refractivity contribution in [3.63, 3.8) is 0 Å². The Balaban J connectivity index is 1.45. The van der Waals surface area contributed by atoms with E-state index in [-0.39, 0.29) is 11.9 Å². The number of carbonyl (C=O) groups is 1. The van der Waals surface area contributed by atoms with Crippen molar-refractivity contribution in [2.75, 3.05) is 0 Å². The van der Waals surface area contributed by atoms with E-state index in [0.717, 1.165) is 24.0 Å². The van der Waals surface area contributed by atoms with Crippen molar-refractivity contribution in [2.24, 2.45) is 0 Å². The van der Waals surface area contributed by atoms with Gasteiger partial charge in [-0.15, -0.1) is 0 Å². The number of amides is 1. The predicted molar refractivity (Wildman–Crippen MR) is 105 cm³/mol. The maximum atomic E-state index is 12.2. The van der Waals surface area contributed by atoms with Crippen LogP contribution in [-0.2, 0) is 17.6 Å². The van der Waals surface area contributed by atoms with Crippen LogP contribution in [0, 0.1) is 6.92 Å². The van der Waals surface area contributed by atoms with E-state index in [1.807, 2.05) is 56.3 Å². The van der Waals surface area contributed by atoms with Crippen LogP contribution in [0.25, 0.3) is 11.4 Å². The standard InChI is InChI=1S/C22H25N3O2/c1-16-8-6-7-11-19(16)22-24-21(27-25-22)15-14-20(26)23-17(2)12-13-18-9-4-3-5-10-18/h3-11,17H,12-15H2,1-2H3,(H,23,26). The fraction of sp³-hybridized carbons (Fsp3) is 0.318. The van der Waals surface area contributed by atoms with Gasteiger partial charge in [-0.2, -0.15) is 4.98 Å². The molecule has 1 amide bonds. The lowest BCUT2D eigenvalue weighted by Gasteiger charge is -2.13. The van der Waals surface area contributed by atoms with Crippen molar-refractivity contribution in [3.05, 3.63) is 71.6 Å². The van der Waals surface area contributed by atoms with E-state index in [1.165, 1.54) is 5.56 Å². The highest BCUT2D eigenvalue weighted by molar-refractivity contribution is 5.76. The molecule has 1 N–H and O–H groups in total. The normalized spacial score (nSPS) is 11.9. The van der Waals surface area contributed by atoms with E-state index < -0.39 is 0 Å². The molecule has 5 heteroatoms. The molecule has 2 aromatic carbocycles. The Hall–Kier alpha value is -2.95.